The quantitative estimate of drug-likeness (QED) is 0.221. The van der Waals surface area contributed by atoms with Crippen LogP contribution in [0.5, 0.6) is 0 Å². The summed E-state index contributed by atoms with van der Waals surface area (Å²) in [4.78, 5) is 14.2. The molecular formula is C21H25FN6OS. The first-order valence-electron chi connectivity index (χ1n) is 9.89. The summed E-state index contributed by atoms with van der Waals surface area (Å²) in [5.74, 6) is 2.52. The van der Waals surface area contributed by atoms with Gasteiger partial charge in [-0.15, -0.1) is 11.8 Å². The van der Waals surface area contributed by atoms with E-state index in [2.05, 4.69) is 30.8 Å². The van der Waals surface area contributed by atoms with Crippen molar-refractivity contribution >= 4 is 17.7 Å². The molecule has 2 aromatic heterocycles. The van der Waals surface area contributed by atoms with Gasteiger partial charge >= 0.3 is 0 Å². The third-order valence-electron chi connectivity index (χ3n) is 3.99. The van der Waals surface area contributed by atoms with Gasteiger partial charge in [0.15, 0.2) is 11.8 Å². The first-order valence-corrected chi connectivity index (χ1v) is 10.9. The largest absolute Gasteiger partial charge is 0.357 e. The molecule has 0 saturated carbocycles. The van der Waals surface area contributed by atoms with Crippen molar-refractivity contribution < 1.29 is 8.91 Å². The van der Waals surface area contributed by atoms with E-state index in [1.807, 2.05) is 25.1 Å². The third-order valence-corrected chi connectivity index (χ3v) is 5.09. The van der Waals surface area contributed by atoms with E-state index >= 15 is 0 Å². The van der Waals surface area contributed by atoms with E-state index in [1.165, 1.54) is 12.1 Å². The minimum atomic E-state index is -0.209. The maximum absolute atomic E-state index is 12.9. The monoisotopic (exact) mass is 428 g/mol. The SMILES string of the molecule is CCNC(=NCCCSc1ccc(F)cc1)NCCc1noc(-c2ccccn2)n1. The Morgan fingerprint density at radius 3 is 2.80 bits per heavy atom. The van der Waals surface area contributed by atoms with E-state index in [1.54, 1.807) is 30.1 Å². The second kappa shape index (κ2) is 11.9. The third kappa shape index (κ3) is 7.14. The van der Waals surface area contributed by atoms with Gasteiger partial charge in [0.25, 0.3) is 5.89 Å². The molecule has 0 amide bonds. The van der Waals surface area contributed by atoms with Crippen LogP contribution in [0.15, 0.2) is 63.1 Å². The Morgan fingerprint density at radius 1 is 1.17 bits per heavy atom. The van der Waals surface area contributed by atoms with Crippen LogP contribution in [0.25, 0.3) is 11.6 Å². The molecule has 0 radical (unpaired) electrons. The van der Waals surface area contributed by atoms with Crippen LogP contribution in [-0.4, -0.2) is 46.5 Å². The van der Waals surface area contributed by atoms with E-state index < -0.39 is 0 Å². The second-order valence-corrected chi connectivity index (χ2v) is 7.49. The zero-order valence-corrected chi connectivity index (χ0v) is 17.7. The van der Waals surface area contributed by atoms with Gasteiger partial charge in [0.2, 0.25) is 0 Å². The van der Waals surface area contributed by atoms with Gasteiger partial charge in [-0.1, -0.05) is 11.2 Å². The van der Waals surface area contributed by atoms with Crippen molar-refractivity contribution in [1.82, 2.24) is 25.8 Å². The van der Waals surface area contributed by atoms with Crippen molar-refractivity contribution in [2.75, 3.05) is 25.4 Å². The van der Waals surface area contributed by atoms with Crippen LogP contribution in [-0.2, 0) is 6.42 Å². The molecule has 158 valence electrons. The number of hydrogen-bond acceptors (Lipinski definition) is 6. The van der Waals surface area contributed by atoms with Gasteiger partial charge in [0, 0.05) is 37.1 Å². The molecule has 2 heterocycles. The molecule has 0 bridgehead atoms. The number of halogens is 1. The highest BCUT2D eigenvalue weighted by Gasteiger charge is 2.09. The second-order valence-electron chi connectivity index (χ2n) is 6.32. The lowest BCUT2D eigenvalue weighted by atomic mass is 10.3. The van der Waals surface area contributed by atoms with E-state index in [4.69, 9.17) is 4.52 Å². The van der Waals surface area contributed by atoms with Crippen LogP contribution in [0.4, 0.5) is 4.39 Å². The van der Waals surface area contributed by atoms with Crippen LogP contribution in [0, 0.1) is 5.82 Å². The summed E-state index contributed by atoms with van der Waals surface area (Å²) in [5, 5.41) is 10.5. The molecule has 0 fully saturated rings. The Kier molecular flexibility index (Phi) is 8.64. The van der Waals surface area contributed by atoms with Crippen molar-refractivity contribution in [2.24, 2.45) is 4.99 Å². The molecule has 0 unspecified atom stereocenters. The molecule has 3 rings (SSSR count). The highest BCUT2D eigenvalue weighted by molar-refractivity contribution is 7.99. The number of guanidine groups is 1. The zero-order valence-electron chi connectivity index (χ0n) is 16.8. The van der Waals surface area contributed by atoms with E-state index in [9.17, 15) is 4.39 Å². The van der Waals surface area contributed by atoms with Crippen molar-refractivity contribution in [3.05, 3.63) is 60.3 Å². The maximum Gasteiger partial charge on any atom is 0.276 e. The fourth-order valence-corrected chi connectivity index (χ4v) is 3.40. The van der Waals surface area contributed by atoms with Crippen molar-refractivity contribution in [1.29, 1.82) is 0 Å². The highest BCUT2D eigenvalue weighted by Crippen LogP contribution is 2.18. The number of thioether (sulfide) groups is 1. The molecular weight excluding hydrogens is 403 g/mol. The number of aromatic nitrogens is 3. The fraction of sp³-hybridized carbons (Fsp3) is 0.333. The number of aliphatic imine (C=N–C) groups is 1. The van der Waals surface area contributed by atoms with Crippen LogP contribution in [0.3, 0.4) is 0 Å². The number of nitrogens with one attached hydrogen (secondary N) is 2. The lowest BCUT2D eigenvalue weighted by molar-refractivity contribution is 0.421. The van der Waals surface area contributed by atoms with Gasteiger partial charge in [-0.3, -0.25) is 9.98 Å². The lowest BCUT2D eigenvalue weighted by Crippen LogP contribution is -2.38. The minimum Gasteiger partial charge on any atom is -0.357 e. The van der Waals surface area contributed by atoms with Crippen molar-refractivity contribution in [3.8, 4) is 11.6 Å². The average molecular weight is 429 g/mol. The predicted octanol–water partition coefficient (Wildman–Crippen LogP) is 3.55. The molecule has 7 nitrogen and oxygen atoms in total. The summed E-state index contributed by atoms with van der Waals surface area (Å²) in [7, 11) is 0. The molecule has 0 saturated heterocycles. The van der Waals surface area contributed by atoms with Gasteiger partial charge in [-0.05, 0) is 55.5 Å². The number of hydrogen-bond donors (Lipinski definition) is 2. The van der Waals surface area contributed by atoms with Gasteiger partial charge in [-0.25, -0.2) is 4.39 Å². The lowest BCUT2D eigenvalue weighted by Gasteiger charge is -2.10. The van der Waals surface area contributed by atoms with Gasteiger partial charge < -0.3 is 15.2 Å². The number of nitrogens with zero attached hydrogens (tertiary/aromatic N) is 4. The molecule has 0 aliphatic carbocycles. The predicted molar refractivity (Wildman–Crippen MR) is 117 cm³/mol. The Morgan fingerprint density at radius 2 is 2.03 bits per heavy atom. The smallest absolute Gasteiger partial charge is 0.276 e. The molecule has 9 heteroatoms. The van der Waals surface area contributed by atoms with Gasteiger partial charge in [0.05, 0.1) is 0 Å². The zero-order chi connectivity index (χ0) is 21.0. The Labute approximate surface area is 179 Å². The summed E-state index contributed by atoms with van der Waals surface area (Å²) in [6, 6.07) is 12.1. The van der Waals surface area contributed by atoms with Crippen molar-refractivity contribution in [3.63, 3.8) is 0 Å². The number of benzene rings is 1. The van der Waals surface area contributed by atoms with Crippen LogP contribution in [0.1, 0.15) is 19.2 Å². The molecule has 0 aliphatic heterocycles. The van der Waals surface area contributed by atoms with E-state index in [-0.39, 0.29) is 5.82 Å². The first kappa shape index (κ1) is 21.8. The first-order chi connectivity index (χ1) is 14.7. The standard InChI is InChI=1S/C21H25FN6OS/c1-2-23-21(25-13-5-15-30-17-9-7-16(22)8-10-17)26-14-11-19-27-20(29-28-19)18-6-3-4-12-24-18/h3-4,6-10,12H,2,5,11,13-15H2,1H3,(H2,23,25,26). The summed E-state index contributed by atoms with van der Waals surface area (Å²) in [6.45, 7) is 4.15. The van der Waals surface area contributed by atoms with Gasteiger partial charge in [0.1, 0.15) is 11.5 Å². The van der Waals surface area contributed by atoms with Crippen molar-refractivity contribution in [2.45, 2.75) is 24.7 Å². The number of rotatable bonds is 10. The summed E-state index contributed by atoms with van der Waals surface area (Å²) in [6.07, 6.45) is 3.23. The molecule has 0 aliphatic rings. The normalized spacial score (nSPS) is 11.5. The summed E-state index contributed by atoms with van der Waals surface area (Å²) >= 11 is 1.70. The Hall–Kier alpha value is -2.94. The maximum atomic E-state index is 12.9. The molecule has 1 aromatic carbocycles. The van der Waals surface area contributed by atoms with E-state index in [0.29, 0.717) is 36.9 Å². The summed E-state index contributed by atoms with van der Waals surface area (Å²) in [5.41, 5.74) is 0.664. The van der Waals surface area contributed by atoms with Crippen LogP contribution < -0.4 is 10.6 Å². The molecule has 3 aromatic rings. The Bertz CT molecular complexity index is 917. The Balaban J connectivity index is 1.39. The minimum absolute atomic E-state index is 0.209. The van der Waals surface area contributed by atoms with E-state index in [0.717, 1.165) is 29.6 Å². The van der Waals surface area contributed by atoms with Crippen LogP contribution >= 0.6 is 11.8 Å². The molecule has 2 N–H and O–H groups in total. The fourth-order valence-electron chi connectivity index (χ4n) is 2.56. The highest BCUT2D eigenvalue weighted by atomic mass is 32.2. The van der Waals surface area contributed by atoms with Gasteiger partial charge in [-0.2, -0.15) is 4.98 Å². The molecule has 0 atom stereocenters. The molecule has 30 heavy (non-hydrogen) atoms. The summed E-state index contributed by atoms with van der Waals surface area (Å²) < 4.78 is 18.2. The molecule has 0 spiro atoms. The average Bonchev–Trinajstić information content (AvgIpc) is 3.24. The van der Waals surface area contributed by atoms with Crippen LogP contribution in [0.2, 0.25) is 0 Å². The number of pyridine rings is 1. The topological polar surface area (TPSA) is 88.2 Å².